The molecule has 2 aliphatic heterocycles. The topological polar surface area (TPSA) is 36.9 Å². The summed E-state index contributed by atoms with van der Waals surface area (Å²) in [6, 6.07) is 1.60. The molecule has 2 fully saturated rings. The van der Waals surface area contributed by atoms with E-state index in [0.29, 0.717) is 19.1 Å². The molecule has 0 amide bonds. The number of hydrogen-bond acceptors (Lipinski definition) is 4. The van der Waals surface area contributed by atoms with E-state index in [-0.39, 0.29) is 24.7 Å². The van der Waals surface area contributed by atoms with Gasteiger partial charge in [0.15, 0.2) is 12.6 Å². The van der Waals surface area contributed by atoms with Crippen LogP contribution in [-0.4, -0.2) is 32.7 Å². The lowest BCUT2D eigenvalue weighted by molar-refractivity contribution is -0.283. The van der Waals surface area contributed by atoms with E-state index >= 15 is 0 Å². The van der Waals surface area contributed by atoms with Gasteiger partial charge in [0, 0.05) is 11.5 Å². The van der Waals surface area contributed by atoms with Crippen LogP contribution in [0.25, 0.3) is 0 Å². The van der Waals surface area contributed by atoms with E-state index in [1.165, 1.54) is 12.8 Å². The Balaban J connectivity index is 1.51. The zero-order valence-corrected chi connectivity index (χ0v) is 17.7. The molecule has 0 unspecified atom stereocenters. The number of ether oxygens (including phenoxy) is 4. The molecule has 3 rings (SSSR count). The van der Waals surface area contributed by atoms with Gasteiger partial charge >= 0.3 is 4.83 Å². The van der Waals surface area contributed by atoms with E-state index < -0.39 is 34.6 Å². The molecule has 0 aliphatic carbocycles. The van der Waals surface area contributed by atoms with Gasteiger partial charge in [0.25, 0.3) is 0 Å². The maximum Gasteiger partial charge on any atom is 0.332 e. The number of unbranched alkanes of at least 4 members (excludes halogenated alkanes) is 2. The molecular weight excluding hydrogens is 460 g/mol. The predicted octanol–water partition coefficient (Wildman–Crippen LogP) is 5.64. The quantitative estimate of drug-likeness (QED) is 0.285. The smallest absolute Gasteiger partial charge is 0.332 e. The van der Waals surface area contributed by atoms with Gasteiger partial charge in [0.05, 0.1) is 32.3 Å². The molecule has 0 N–H and O–H groups in total. The van der Waals surface area contributed by atoms with Crippen molar-refractivity contribution in [1.82, 2.24) is 0 Å². The van der Waals surface area contributed by atoms with Crippen molar-refractivity contribution in [2.75, 3.05) is 26.4 Å². The number of halogens is 5. The van der Waals surface area contributed by atoms with E-state index in [9.17, 15) is 17.6 Å². The molecule has 0 radical (unpaired) electrons. The minimum absolute atomic E-state index is 0.000388. The zero-order valence-electron chi connectivity index (χ0n) is 16.1. The maximum absolute atomic E-state index is 14.0. The first-order valence-corrected chi connectivity index (χ1v) is 10.6. The van der Waals surface area contributed by atoms with Crippen LogP contribution in [0.5, 0.6) is 0 Å². The van der Waals surface area contributed by atoms with E-state index in [1.54, 1.807) is 0 Å². The first-order chi connectivity index (χ1) is 13.8. The highest BCUT2D eigenvalue weighted by atomic mass is 79.9. The Labute approximate surface area is 176 Å². The molecular formula is C20H25BrF4O4. The van der Waals surface area contributed by atoms with Crippen molar-refractivity contribution in [2.45, 2.75) is 50.0 Å². The van der Waals surface area contributed by atoms with E-state index in [2.05, 4.69) is 6.92 Å². The Morgan fingerprint density at radius 3 is 2.07 bits per heavy atom. The van der Waals surface area contributed by atoms with Gasteiger partial charge in [-0.1, -0.05) is 26.2 Å². The molecule has 0 spiro atoms. The van der Waals surface area contributed by atoms with Crippen LogP contribution in [0.3, 0.4) is 0 Å². The SMILES string of the molecule is CCCCCC1COC(C2COC(c3cc(F)c(C(F)(F)Br)c(F)c3)OC2)OC1. The van der Waals surface area contributed by atoms with Crippen LogP contribution in [-0.2, 0) is 23.8 Å². The monoisotopic (exact) mass is 484 g/mol. The lowest BCUT2D eigenvalue weighted by Crippen LogP contribution is -2.43. The molecule has 0 saturated carbocycles. The standard InChI is InChI=1S/C20H25BrF4O4/c1-2-3-4-5-12-8-26-19(27-9-12)14-10-28-18(29-11-14)13-6-15(22)17(16(23)7-13)20(21,24)25/h6-7,12,14,18-19H,2-5,8-11H2,1H3. The van der Waals surface area contributed by atoms with Gasteiger partial charge in [-0.2, -0.15) is 8.78 Å². The fourth-order valence-electron chi connectivity index (χ4n) is 3.55. The van der Waals surface area contributed by atoms with Crippen LogP contribution >= 0.6 is 15.9 Å². The van der Waals surface area contributed by atoms with Crippen molar-refractivity contribution in [1.29, 1.82) is 0 Å². The van der Waals surface area contributed by atoms with Crippen LogP contribution in [0, 0.1) is 23.5 Å². The summed E-state index contributed by atoms with van der Waals surface area (Å²) in [5.74, 6) is -2.54. The van der Waals surface area contributed by atoms with Crippen molar-refractivity contribution < 1.29 is 36.5 Å². The number of benzene rings is 1. The Morgan fingerprint density at radius 2 is 1.55 bits per heavy atom. The highest BCUT2D eigenvalue weighted by Crippen LogP contribution is 2.39. The lowest BCUT2D eigenvalue weighted by atomic mass is 10.0. The molecule has 1 aromatic carbocycles. The third-order valence-corrected chi connectivity index (χ3v) is 5.53. The summed E-state index contributed by atoms with van der Waals surface area (Å²) in [6.45, 7) is 3.80. The third-order valence-electron chi connectivity index (χ3n) is 5.14. The maximum atomic E-state index is 14.0. The minimum atomic E-state index is -3.80. The van der Waals surface area contributed by atoms with Crippen molar-refractivity contribution in [3.8, 4) is 0 Å². The first kappa shape index (κ1) is 22.9. The average Bonchev–Trinajstić information content (AvgIpc) is 2.67. The lowest BCUT2D eigenvalue weighted by Gasteiger charge is -2.37. The van der Waals surface area contributed by atoms with Crippen LogP contribution in [0.15, 0.2) is 12.1 Å². The molecule has 0 aromatic heterocycles. The van der Waals surface area contributed by atoms with Crippen molar-refractivity contribution in [3.63, 3.8) is 0 Å². The second-order valence-electron chi connectivity index (χ2n) is 7.51. The van der Waals surface area contributed by atoms with Crippen LogP contribution < -0.4 is 0 Å². The number of hydrogen-bond donors (Lipinski definition) is 0. The van der Waals surface area contributed by atoms with E-state index in [4.69, 9.17) is 18.9 Å². The summed E-state index contributed by atoms with van der Waals surface area (Å²) >= 11 is 1.98. The fourth-order valence-corrected chi connectivity index (χ4v) is 3.93. The largest absolute Gasteiger partial charge is 0.352 e. The second kappa shape index (κ2) is 10.0. The van der Waals surface area contributed by atoms with Gasteiger partial charge in [-0.15, -0.1) is 0 Å². The molecule has 2 aliphatic rings. The number of alkyl halides is 3. The third kappa shape index (κ3) is 5.91. The Hall–Kier alpha value is -0.740. The molecule has 9 heteroatoms. The van der Waals surface area contributed by atoms with E-state index in [0.717, 1.165) is 25.0 Å². The number of rotatable bonds is 7. The van der Waals surface area contributed by atoms with Crippen LogP contribution in [0.4, 0.5) is 17.6 Å². The van der Waals surface area contributed by atoms with Crippen molar-refractivity contribution in [3.05, 3.63) is 34.9 Å². The molecule has 29 heavy (non-hydrogen) atoms. The Morgan fingerprint density at radius 1 is 0.966 bits per heavy atom. The van der Waals surface area contributed by atoms with Crippen LogP contribution in [0.1, 0.15) is 50.0 Å². The van der Waals surface area contributed by atoms with Gasteiger partial charge in [0.2, 0.25) is 0 Å². The molecule has 0 bridgehead atoms. The molecule has 0 atom stereocenters. The van der Waals surface area contributed by atoms with Gasteiger partial charge in [0.1, 0.15) is 17.2 Å². The van der Waals surface area contributed by atoms with E-state index in [1.807, 2.05) is 15.9 Å². The minimum Gasteiger partial charge on any atom is -0.352 e. The van der Waals surface area contributed by atoms with Crippen LogP contribution in [0.2, 0.25) is 0 Å². The van der Waals surface area contributed by atoms with Crippen molar-refractivity contribution >= 4 is 15.9 Å². The van der Waals surface area contributed by atoms with Crippen molar-refractivity contribution in [2.24, 2.45) is 11.8 Å². The van der Waals surface area contributed by atoms with Gasteiger partial charge < -0.3 is 18.9 Å². The summed E-state index contributed by atoms with van der Waals surface area (Å²) in [5, 5.41) is 0. The summed E-state index contributed by atoms with van der Waals surface area (Å²) in [5.41, 5.74) is -1.34. The van der Waals surface area contributed by atoms with Gasteiger partial charge in [-0.25, -0.2) is 8.78 Å². The molecule has 164 valence electrons. The fraction of sp³-hybridized carbons (Fsp3) is 0.700. The summed E-state index contributed by atoms with van der Waals surface area (Å²) in [6.07, 6.45) is 3.09. The second-order valence-corrected chi connectivity index (χ2v) is 8.51. The van der Waals surface area contributed by atoms with Gasteiger partial charge in [-0.05, 0) is 34.5 Å². The first-order valence-electron chi connectivity index (χ1n) is 9.82. The highest BCUT2D eigenvalue weighted by Gasteiger charge is 2.37. The summed E-state index contributed by atoms with van der Waals surface area (Å²) in [4.78, 5) is -3.80. The molecule has 2 saturated heterocycles. The summed E-state index contributed by atoms with van der Waals surface area (Å²) in [7, 11) is 0. The summed E-state index contributed by atoms with van der Waals surface area (Å²) < 4.78 is 77.2. The molecule has 1 aromatic rings. The predicted molar refractivity (Wildman–Crippen MR) is 101 cm³/mol. The zero-order chi connectivity index (χ0) is 21.0. The Bertz CT molecular complexity index is 646. The molecule has 2 heterocycles. The highest BCUT2D eigenvalue weighted by molar-refractivity contribution is 9.09. The average molecular weight is 485 g/mol. The van der Waals surface area contributed by atoms with Gasteiger partial charge in [-0.3, -0.25) is 0 Å². The normalized spacial score (nSPS) is 28.5. The Kier molecular flexibility index (Phi) is 7.94. The molecule has 4 nitrogen and oxygen atoms in total.